The van der Waals surface area contributed by atoms with Gasteiger partial charge >= 0.3 is 0 Å². The molecule has 27 heavy (non-hydrogen) atoms. The van der Waals surface area contributed by atoms with Crippen LogP contribution in [0.25, 0.3) is 0 Å². The summed E-state index contributed by atoms with van der Waals surface area (Å²) in [6.07, 6.45) is 0. The zero-order chi connectivity index (χ0) is 19.8. The van der Waals surface area contributed by atoms with E-state index in [-0.39, 0.29) is 5.78 Å². The van der Waals surface area contributed by atoms with Crippen LogP contribution in [0.1, 0.15) is 43.6 Å². The van der Waals surface area contributed by atoms with Crippen molar-refractivity contribution in [3.8, 4) is 0 Å². The SMILES string of the molecule is CCN(CC)c1ccc2c(c1)[Si](C)(C)c1cc(N(CC)CC)ccc1C2=O. The predicted octanol–water partition coefficient (Wildman–Crippen LogP) is 3.75. The number of benzene rings is 2. The molecule has 0 aliphatic carbocycles. The maximum Gasteiger partial charge on any atom is 0.192 e. The summed E-state index contributed by atoms with van der Waals surface area (Å²) in [5.41, 5.74) is 4.28. The molecular formula is C23H32N2OSi. The number of nitrogens with zero attached hydrogens (tertiary/aromatic N) is 2. The summed E-state index contributed by atoms with van der Waals surface area (Å²) in [5, 5.41) is 2.56. The fourth-order valence-electron chi connectivity index (χ4n) is 4.36. The van der Waals surface area contributed by atoms with Crippen molar-refractivity contribution in [2.45, 2.75) is 40.8 Å². The van der Waals surface area contributed by atoms with E-state index in [1.165, 1.54) is 21.7 Å². The second kappa shape index (κ2) is 7.51. The highest BCUT2D eigenvalue weighted by molar-refractivity contribution is 7.02. The van der Waals surface area contributed by atoms with Crippen molar-refractivity contribution in [3.63, 3.8) is 0 Å². The molecule has 1 aliphatic heterocycles. The average Bonchev–Trinajstić information content (AvgIpc) is 2.68. The van der Waals surface area contributed by atoms with Crippen molar-refractivity contribution in [1.29, 1.82) is 0 Å². The Balaban J connectivity index is 2.16. The van der Waals surface area contributed by atoms with Crippen molar-refractivity contribution >= 4 is 35.6 Å². The minimum absolute atomic E-state index is 0.184. The smallest absolute Gasteiger partial charge is 0.192 e. The van der Waals surface area contributed by atoms with Crippen molar-refractivity contribution in [3.05, 3.63) is 47.5 Å². The summed E-state index contributed by atoms with van der Waals surface area (Å²) in [5.74, 6) is 0.184. The Labute approximate surface area is 165 Å². The van der Waals surface area contributed by atoms with E-state index in [2.05, 4.69) is 87.0 Å². The highest BCUT2D eigenvalue weighted by Crippen LogP contribution is 2.26. The zero-order valence-corrected chi connectivity index (χ0v) is 18.6. The highest BCUT2D eigenvalue weighted by Gasteiger charge is 2.39. The molecule has 4 heteroatoms. The van der Waals surface area contributed by atoms with Crippen LogP contribution < -0.4 is 20.2 Å². The number of hydrogen-bond donors (Lipinski definition) is 0. The Hall–Kier alpha value is -2.07. The third kappa shape index (κ3) is 3.20. The van der Waals surface area contributed by atoms with Crippen LogP contribution in [-0.2, 0) is 0 Å². The largest absolute Gasteiger partial charge is 0.372 e. The summed E-state index contributed by atoms with van der Waals surface area (Å²) in [7, 11) is -1.95. The van der Waals surface area contributed by atoms with Crippen LogP contribution in [0.15, 0.2) is 36.4 Å². The summed E-state index contributed by atoms with van der Waals surface area (Å²) in [6, 6.07) is 12.9. The zero-order valence-electron chi connectivity index (χ0n) is 17.6. The Bertz CT molecular complexity index is 784. The molecule has 2 aromatic rings. The third-order valence-corrected chi connectivity index (χ3v) is 9.62. The van der Waals surface area contributed by atoms with Gasteiger partial charge in [0.15, 0.2) is 5.78 Å². The van der Waals surface area contributed by atoms with Gasteiger partial charge in [0.1, 0.15) is 8.07 Å². The summed E-state index contributed by atoms with van der Waals surface area (Å²) in [4.78, 5) is 17.9. The first-order chi connectivity index (χ1) is 12.9. The molecule has 0 unspecified atom stereocenters. The second-order valence-electron chi connectivity index (χ2n) is 7.76. The Kier molecular flexibility index (Phi) is 5.47. The van der Waals surface area contributed by atoms with Crippen LogP contribution in [0.2, 0.25) is 13.1 Å². The lowest BCUT2D eigenvalue weighted by Crippen LogP contribution is -2.60. The number of ketones is 1. The lowest BCUT2D eigenvalue weighted by molar-refractivity contribution is 0.104. The molecule has 0 spiro atoms. The van der Waals surface area contributed by atoms with Gasteiger partial charge in [0, 0.05) is 48.7 Å². The van der Waals surface area contributed by atoms with Gasteiger partial charge in [0.05, 0.1) is 0 Å². The number of anilines is 2. The maximum atomic E-state index is 13.2. The van der Waals surface area contributed by atoms with E-state index >= 15 is 0 Å². The molecule has 0 saturated heterocycles. The first kappa shape index (κ1) is 19.7. The molecule has 0 amide bonds. The number of carbonyl (C=O) groups is 1. The minimum atomic E-state index is -1.95. The van der Waals surface area contributed by atoms with Crippen LogP contribution in [0.5, 0.6) is 0 Å². The van der Waals surface area contributed by atoms with Gasteiger partial charge in [-0.3, -0.25) is 4.79 Å². The molecular weight excluding hydrogens is 348 g/mol. The van der Waals surface area contributed by atoms with Crippen molar-refractivity contribution in [1.82, 2.24) is 0 Å². The van der Waals surface area contributed by atoms with E-state index in [4.69, 9.17) is 0 Å². The van der Waals surface area contributed by atoms with Gasteiger partial charge in [0.25, 0.3) is 0 Å². The van der Waals surface area contributed by atoms with Gasteiger partial charge in [-0.25, -0.2) is 0 Å². The normalized spacial score (nSPS) is 14.5. The molecule has 3 nitrogen and oxygen atoms in total. The third-order valence-electron chi connectivity index (χ3n) is 6.10. The van der Waals surface area contributed by atoms with Gasteiger partial charge in [-0.05, 0) is 74.5 Å². The summed E-state index contributed by atoms with van der Waals surface area (Å²) < 4.78 is 0. The molecule has 0 N–H and O–H groups in total. The fourth-order valence-corrected chi connectivity index (χ4v) is 7.40. The molecule has 1 aliphatic rings. The Morgan fingerprint density at radius 1 is 0.704 bits per heavy atom. The fraction of sp³-hybridized carbons (Fsp3) is 0.435. The second-order valence-corrected chi connectivity index (χ2v) is 12.1. The standard InChI is InChI=1S/C23H32N2OSi/c1-7-24(8-2)17-11-13-19-21(15-17)27(5,6)22-16-18(25(9-3)10-4)12-14-20(22)23(19)26/h11-16H,7-10H2,1-6H3. The Morgan fingerprint density at radius 2 is 1.07 bits per heavy atom. The average molecular weight is 381 g/mol. The monoisotopic (exact) mass is 380 g/mol. The van der Waals surface area contributed by atoms with Crippen LogP contribution in [0, 0.1) is 0 Å². The molecule has 0 saturated carbocycles. The van der Waals surface area contributed by atoms with Gasteiger partial charge in [-0.1, -0.05) is 13.1 Å². The number of fused-ring (bicyclic) bond motifs is 2. The van der Waals surface area contributed by atoms with E-state index < -0.39 is 8.07 Å². The summed E-state index contributed by atoms with van der Waals surface area (Å²) >= 11 is 0. The van der Waals surface area contributed by atoms with Gasteiger partial charge in [-0.2, -0.15) is 0 Å². The minimum Gasteiger partial charge on any atom is -0.372 e. The number of rotatable bonds is 6. The first-order valence-corrected chi connectivity index (χ1v) is 13.2. The van der Waals surface area contributed by atoms with Crippen LogP contribution in [0.3, 0.4) is 0 Å². The van der Waals surface area contributed by atoms with Crippen LogP contribution in [0.4, 0.5) is 11.4 Å². The van der Waals surface area contributed by atoms with E-state index in [1.807, 2.05) is 0 Å². The van der Waals surface area contributed by atoms with Crippen LogP contribution in [-0.4, -0.2) is 40.0 Å². The molecule has 144 valence electrons. The first-order valence-electron chi connectivity index (χ1n) is 10.2. The predicted molar refractivity (Wildman–Crippen MR) is 120 cm³/mol. The number of carbonyl (C=O) groups excluding carboxylic acids is 1. The van der Waals surface area contributed by atoms with Crippen LogP contribution >= 0.6 is 0 Å². The topological polar surface area (TPSA) is 23.6 Å². The van der Waals surface area contributed by atoms with Gasteiger partial charge < -0.3 is 9.80 Å². The van der Waals surface area contributed by atoms with Gasteiger partial charge in [-0.15, -0.1) is 0 Å². The van der Waals surface area contributed by atoms with E-state index in [1.54, 1.807) is 0 Å². The molecule has 0 atom stereocenters. The number of hydrogen-bond acceptors (Lipinski definition) is 3. The molecule has 3 rings (SSSR count). The molecule has 0 fully saturated rings. The summed E-state index contributed by atoms with van der Waals surface area (Å²) in [6.45, 7) is 17.4. The van der Waals surface area contributed by atoms with E-state index in [0.29, 0.717) is 0 Å². The van der Waals surface area contributed by atoms with Crippen molar-refractivity contribution in [2.75, 3.05) is 36.0 Å². The van der Waals surface area contributed by atoms with Gasteiger partial charge in [0.2, 0.25) is 0 Å². The van der Waals surface area contributed by atoms with E-state index in [9.17, 15) is 4.79 Å². The van der Waals surface area contributed by atoms with Crippen molar-refractivity contribution < 1.29 is 4.79 Å². The van der Waals surface area contributed by atoms with Crippen molar-refractivity contribution in [2.24, 2.45) is 0 Å². The maximum absolute atomic E-state index is 13.2. The Morgan fingerprint density at radius 3 is 1.41 bits per heavy atom. The molecule has 0 aromatic heterocycles. The lowest BCUT2D eigenvalue weighted by atomic mass is 10.0. The molecule has 0 radical (unpaired) electrons. The van der Waals surface area contributed by atoms with E-state index in [0.717, 1.165) is 37.3 Å². The molecule has 2 aromatic carbocycles. The quantitative estimate of drug-likeness (QED) is 0.713. The highest BCUT2D eigenvalue weighted by atomic mass is 28.3. The molecule has 0 bridgehead atoms. The lowest BCUT2D eigenvalue weighted by Gasteiger charge is -2.35. The molecule has 1 heterocycles.